The maximum atomic E-state index is 10.6. The molecule has 6 nitrogen and oxygen atoms in total. The molecule has 1 N–H and O–H groups in total. The van der Waals surface area contributed by atoms with Crippen molar-refractivity contribution in [2.24, 2.45) is 0 Å². The maximum absolute atomic E-state index is 10.6. The Hall–Kier alpha value is -1.40. The molecule has 100 valence electrons. The molecule has 18 heavy (non-hydrogen) atoms. The van der Waals surface area contributed by atoms with Gasteiger partial charge < -0.3 is 10.1 Å². The summed E-state index contributed by atoms with van der Waals surface area (Å²) in [6.07, 6.45) is 2.12. The number of hydrogen-bond acceptors (Lipinski definition) is 5. The van der Waals surface area contributed by atoms with Crippen LogP contribution >= 0.6 is 11.6 Å². The highest BCUT2D eigenvalue weighted by molar-refractivity contribution is 6.29. The molecule has 0 fully saturated rings. The summed E-state index contributed by atoms with van der Waals surface area (Å²) in [5.41, 5.74) is -0.0793. The number of hydrogen-bond donors (Lipinski definition) is 1. The van der Waals surface area contributed by atoms with Crippen molar-refractivity contribution in [1.82, 2.24) is 4.98 Å². The van der Waals surface area contributed by atoms with Gasteiger partial charge >= 0.3 is 0 Å². The van der Waals surface area contributed by atoms with Crippen molar-refractivity contribution in [2.75, 3.05) is 25.1 Å². The maximum Gasteiger partial charge on any atom is 0.276 e. The fourth-order valence-electron chi connectivity index (χ4n) is 1.28. The first kappa shape index (κ1) is 14.7. The molecule has 0 aromatic carbocycles. The Balaban J connectivity index is 2.40. The largest absolute Gasteiger partial charge is 0.380 e. The molecule has 0 aliphatic carbocycles. The molecule has 1 aromatic heterocycles. The van der Waals surface area contributed by atoms with Gasteiger partial charge in [0.15, 0.2) is 0 Å². The number of ether oxygens (including phenoxy) is 1. The summed E-state index contributed by atoms with van der Waals surface area (Å²) in [5, 5.41) is 13.6. The molecule has 0 bridgehead atoms. The average Bonchev–Trinajstić information content (AvgIpc) is 2.33. The SMILES string of the molecule is CCCCOCCNc1cc([N+](=O)[O-])cc(Cl)n1. The van der Waals surface area contributed by atoms with Crippen LogP contribution in [0.15, 0.2) is 12.1 Å². The van der Waals surface area contributed by atoms with E-state index in [2.05, 4.69) is 17.2 Å². The third-order valence-electron chi connectivity index (χ3n) is 2.18. The Bertz CT molecular complexity index is 401. The van der Waals surface area contributed by atoms with E-state index in [1.807, 2.05) is 0 Å². The van der Waals surface area contributed by atoms with Crippen LogP contribution in [-0.4, -0.2) is 29.7 Å². The van der Waals surface area contributed by atoms with E-state index in [0.29, 0.717) is 19.0 Å². The predicted molar refractivity (Wildman–Crippen MR) is 70.1 cm³/mol. The highest BCUT2D eigenvalue weighted by atomic mass is 35.5. The van der Waals surface area contributed by atoms with Crippen LogP contribution in [0.3, 0.4) is 0 Å². The summed E-state index contributed by atoms with van der Waals surface area (Å²) < 4.78 is 5.35. The van der Waals surface area contributed by atoms with E-state index in [4.69, 9.17) is 16.3 Å². The Morgan fingerprint density at radius 1 is 1.50 bits per heavy atom. The van der Waals surface area contributed by atoms with Crippen LogP contribution in [0.25, 0.3) is 0 Å². The minimum absolute atomic E-state index is 0.0793. The van der Waals surface area contributed by atoms with Gasteiger partial charge in [-0.2, -0.15) is 0 Å². The van der Waals surface area contributed by atoms with E-state index < -0.39 is 4.92 Å². The second-order valence-corrected chi connectivity index (χ2v) is 4.07. The molecule has 0 saturated carbocycles. The minimum atomic E-state index is -0.503. The first-order valence-corrected chi connectivity index (χ1v) is 6.15. The van der Waals surface area contributed by atoms with E-state index in [-0.39, 0.29) is 10.8 Å². The molecule has 0 radical (unpaired) electrons. The smallest absolute Gasteiger partial charge is 0.276 e. The highest BCUT2D eigenvalue weighted by Crippen LogP contribution is 2.20. The Kier molecular flexibility index (Phi) is 6.38. The lowest BCUT2D eigenvalue weighted by Crippen LogP contribution is -2.11. The fourth-order valence-corrected chi connectivity index (χ4v) is 1.48. The monoisotopic (exact) mass is 273 g/mol. The summed E-state index contributed by atoms with van der Waals surface area (Å²) in [5.74, 6) is 0.383. The first-order chi connectivity index (χ1) is 8.63. The van der Waals surface area contributed by atoms with Gasteiger partial charge in [0.2, 0.25) is 0 Å². The molecule has 0 aliphatic heterocycles. The summed E-state index contributed by atoms with van der Waals surface area (Å²) in [7, 11) is 0. The number of nitrogens with one attached hydrogen (secondary N) is 1. The first-order valence-electron chi connectivity index (χ1n) is 5.77. The van der Waals surface area contributed by atoms with Crippen LogP contribution in [0.5, 0.6) is 0 Å². The molecule has 0 atom stereocenters. The normalized spacial score (nSPS) is 10.3. The molecule has 0 aliphatic rings. The van der Waals surface area contributed by atoms with Gasteiger partial charge in [-0.15, -0.1) is 0 Å². The standard InChI is InChI=1S/C11H16ClN3O3/c1-2-3-5-18-6-4-13-11-8-9(15(16)17)7-10(12)14-11/h7-8H,2-6H2,1H3,(H,13,14). The summed E-state index contributed by atoms with van der Waals surface area (Å²) in [6.45, 7) is 3.88. The van der Waals surface area contributed by atoms with Crippen molar-refractivity contribution >= 4 is 23.1 Å². The zero-order valence-corrected chi connectivity index (χ0v) is 10.9. The number of rotatable bonds is 8. The van der Waals surface area contributed by atoms with Gasteiger partial charge in [0.05, 0.1) is 23.7 Å². The number of nitro groups is 1. The zero-order chi connectivity index (χ0) is 13.4. The van der Waals surface area contributed by atoms with Crippen molar-refractivity contribution in [2.45, 2.75) is 19.8 Å². The number of halogens is 1. The van der Waals surface area contributed by atoms with Gasteiger partial charge in [-0.3, -0.25) is 10.1 Å². The molecule has 1 rings (SSSR count). The highest BCUT2D eigenvalue weighted by Gasteiger charge is 2.09. The van der Waals surface area contributed by atoms with Crippen molar-refractivity contribution in [3.8, 4) is 0 Å². The quantitative estimate of drug-likeness (QED) is 0.341. The number of aromatic nitrogens is 1. The number of unbranched alkanes of at least 4 members (excludes halogenated alkanes) is 1. The van der Waals surface area contributed by atoms with Gasteiger partial charge in [-0.25, -0.2) is 4.98 Å². The van der Waals surface area contributed by atoms with Gasteiger partial charge in [0.25, 0.3) is 5.69 Å². The topological polar surface area (TPSA) is 77.3 Å². The van der Waals surface area contributed by atoms with Crippen LogP contribution in [0.1, 0.15) is 19.8 Å². The molecule has 0 amide bonds. The molecule has 0 spiro atoms. The molecular weight excluding hydrogens is 258 g/mol. The van der Waals surface area contributed by atoms with Gasteiger partial charge in [0.1, 0.15) is 11.0 Å². The Labute approximate surface area is 110 Å². The van der Waals surface area contributed by atoms with E-state index in [9.17, 15) is 10.1 Å². The predicted octanol–water partition coefficient (Wildman–Crippen LogP) is 2.87. The summed E-state index contributed by atoms with van der Waals surface area (Å²) >= 11 is 5.69. The van der Waals surface area contributed by atoms with Crippen LogP contribution < -0.4 is 5.32 Å². The average molecular weight is 274 g/mol. The van der Waals surface area contributed by atoms with Gasteiger partial charge in [-0.1, -0.05) is 24.9 Å². The number of anilines is 1. The van der Waals surface area contributed by atoms with Crippen molar-refractivity contribution in [1.29, 1.82) is 0 Å². The Morgan fingerprint density at radius 2 is 2.28 bits per heavy atom. The number of pyridine rings is 1. The fraction of sp³-hybridized carbons (Fsp3) is 0.545. The second kappa shape index (κ2) is 7.84. The van der Waals surface area contributed by atoms with Crippen LogP contribution in [-0.2, 0) is 4.74 Å². The van der Waals surface area contributed by atoms with Crippen LogP contribution in [0.4, 0.5) is 11.5 Å². The molecule has 1 heterocycles. The third kappa shape index (κ3) is 5.29. The van der Waals surface area contributed by atoms with E-state index in [0.717, 1.165) is 19.4 Å². The molecule has 1 aromatic rings. The molecule has 7 heteroatoms. The molecule has 0 unspecified atom stereocenters. The zero-order valence-electron chi connectivity index (χ0n) is 10.2. The van der Waals surface area contributed by atoms with Crippen molar-refractivity contribution in [3.05, 3.63) is 27.4 Å². The third-order valence-corrected chi connectivity index (χ3v) is 2.38. The van der Waals surface area contributed by atoms with Crippen molar-refractivity contribution < 1.29 is 9.66 Å². The van der Waals surface area contributed by atoms with Crippen LogP contribution in [0.2, 0.25) is 5.15 Å². The van der Waals surface area contributed by atoms with Crippen LogP contribution in [0, 0.1) is 10.1 Å². The summed E-state index contributed by atoms with van der Waals surface area (Å²) in [6, 6.07) is 2.56. The number of nitrogens with zero attached hydrogens (tertiary/aromatic N) is 2. The molecule has 0 saturated heterocycles. The van der Waals surface area contributed by atoms with E-state index in [1.54, 1.807) is 0 Å². The summed E-state index contributed by atoms with van der Waals surface area (Å²) in [4.78, 5) is 14.1. The van der Waals surface area contributed by atoms with Gasteiger partial charge in [-0.05, 0) is 6.42 Å². The second-order valence-electron chi connectivity index (χ2n) is 3.68. The van der Waals surface area contributed by atoms with E-state index >= 15 is 0 Å². The molecular formula is C11H16ClN3O3. The lowest BCUT2D eigenvalue weighted by atomic mass is 10.4. The lowest BCUT2D eigenvalue weighted by Gasteiger charge is -2.06. The lowest BCUT2D eigenvalue weighted by molar-refractivity contribution is -0.384. The minimum Gasteiger partial charge on any atom is -0.380 e. The van der Waals surface area contributed by atoms with Gasteiger partial charge in [0, 0.05) is 13.2 Å². The van der Waals surface area contributed by atoms with Crippen molar-refractivity contribution in [3.63, 3.8) is 0 Å². The van der Waals surface area contributed by atoms with E-state index in [1.165, 1.54) is 12.1 Å². The Morgan fingerprint density at radius 3 is 2.94 bits per heavy atom.